The summed E-state index contributed by atoms with van der Waals surface area (Å²) in [4.78, 5) is 2.86. The molecule has 1 aromatic rings. The smallest absolute Gasteiger partial charge is 0.123 e. The van der Waals surface area contributed by atoms with Gasteiger partial charge in [0.1, 0.15) is 5.82 Å². The van der Waals surface area contributed by atoms with Crippen molar-refractivity contribution < 1.29 is 4.39 Å². The van der Waals surface area contributed by atoms with E-state index in [-0.39, 0.29) is 11.2 Å². The maximum atomic E-state index is 13.2. The number of likely N-dealkylation sites (tertiary alicyclic amines) is 1. The topological polar surface area (TPSA) is 29.3 Å². The quantitative estimate of drug-likeness (QED) is 0.868. The molecule has 2 N–H and O–H groups in total. The van der Waals surface area contributed by atoms with Gasteiger partial charge in [-0.1, -0.05) is 30.7 Å². The maximum absolute atomic E-state index is 13.2. The summed E-state index contributed by atoms with van der Waals surface area (Å²) in [5, 5.41) is 0.615. The van der Waals surface area contributed by atoms with Gasteiger partial charge in [-0.15, -0.1) is 0 Å². The van der Waals surface area contributed by atoms with E-state index in [0.717, 1.165) is 31.5 Å². The molecular formula is C14H18ClFN2S. The fraction of sp³-hybridized carbons (Fsp3) is 0.500. The highest BCUT2D eigenvalue weighted by Gasteiger charge is 2.32. The van der Waals surface area contributed by atoms with Crippen molar-refractivity contribution in [3.63, 3.8) is 0 Å². The average Bonchev–Trinajstić information content (AvgIpc) is 2.36. The van der Waals surface area contributed by atoms with Crippen LogP contribution in [-0.4, -0.2) is 23.0 Å². The number of hydrogen-bond acceptors (Lipinski definition) is 2. The molecule has 0 radical (unpaired) electrons. The first kappa shape index (κ1) is 14.7. The van der Waals surface area contributed by atoms with Gasteiger partial charge in [0.15, 0.2) is 0 Å². The predicted molar refractivity (Wildman–Crippen MR) is 80.8 cm³/mol. The fourth-order valence-corrected chi connectivity index (χ4v) is 2.74. The van der Waals surface area contributed by atoms with Crippen molar-refractivity contribution in [1.29, 1.82) is 0 Å². The molecule has 19 heavy (non-hydrogen) atoms. The van der Waals surface area contributed by atoms with E-state index in [2.05, 4.69) is 11.8 Å². The minimum atomic E-state index is -0.246. The highest BCUT2D eigenvalue weighted by molar-refractivity contribution is 7.80. The van der Waals surface area contributed by atoms with Gasteiger partial charge in [-0.05, 0) is 49.7 Å². The van der Waals surface area contributed by atoms with Gasteiger partial charge in [-0.25, -0.2) is 4.39 Å². The average molecular weight is 301 g/mol. The van der Waals surface area contributed by atoms with Crippen molar-refractivity contribution >= 4 is 28.8 Å². The first-order chi connectivity index (χ1) is 8.90. The minimum absolute atomic E-state index is 0.0441. The molecule has 0 aromatic heterocycles. The summed E-state index contributed by atoms with van der Waals surface area (Å²) in [5.74, 6) is -0.246. The number of nitrogens with zero attached hydrogens (tertiary/aromatic N) is 1. The van der Waals surface area contributed by atoms with Crippen LogP contribution in [0.25, 0.3) is 0 Å². The monoisotopic (exact) mass is 300 g/mol. The van der Waals surface area contributed by atoms with Crippen LogP contribution in [-0.2, 0) is 6.54 Å². The molecule has 0 bridgehead atoms. The molecule has 1 fully saturated rings. The van der Waals surface area contributed by atoms with Crippen molar-refractivity contribution in [2.45, 2.75) is 26.3 Å². The Morgan fingerprint density at radius 1 is 1.47 bits per heavy atom. The number of rotatable bonds is 3. The molecule has 0 saturated carbocycles. The molecule has 104 valence electrons. The zero-order chi connectivity index (χ0) is 14.0. The third-order valence-corrected chi connectivity index (χ3v) is 4.82. The molecule has 0 amide bonds. The Morgan fingerprint density at radius 2 is 2.11 bits per heavy atom. The molecule has 0 atom stereocenters. The van der Waals surface area contributed by atoms with Gasteiger partial charge >= 0.3 is 0 Å². The van der Waals surface area contributed by atoms with Crippen LogP contribution in [0, 0.1) is 11.2 Å². The second-order valence-corrected chi connectivity index (χ2v) is 6.28. The van der Waals surface area contributed by atoms with Crippen molar-refractivity contribution in [1.82, 2.24) is 4.90 Å². The van der Waals surface area contributed by atoms with E-state index >= 15 is 0 Å². The Morgan fingerprint density at radius 3 is 2.68 bits per heavy atom. The van der Waals surface area contributed by atoms with Crippen molar-refractivity contribution in [3.8, 4) is 0 Å². The lowest BCUT2D eigenvalue weighted by Gasteiger charge is -2.38. The zero-order valence-electron chi connectivity index (χ0n) is 11.0. The van der Waals surface area contributed by atoms with E-state index in [4.69, 9.17) is 29.6 Å². The number of piperidine rings is 1. The van der Waals surface area contributed by atoms with E-state index in [9.17, 15) is 4.39 Å². The summed E-state index contributed by atoms with van der Waals surface area (Å²) < 4.78 is 13.2. The summed E-state index contributed by atoms with van der Waals surface area (Å²) in [5.41, 5.74) is 6.58. The molecule has 1 heterocycles. The molecule has 0 aliphatic carbocycles. The summed E-state index contributed by atoms with van der Waals surface area (Å²) in [6.45, 7) is 4.59. The Bertz CT molecular complexity index is 484. The highest BCUT2D eigenvalue weighted by atomic mass is 35.5. The van der Waals surface area contributed by atoms with Crippen molar-refractivity contribution in [2.24, 2.45) is 11.1 Å². The third kappa shape index (κ3) is 3.44. The SMILES string of the molecule is CC1(C(N)=S)CCN(Cc2cc(F)ccc2Cl)CC1. The predicted octanol–water partition coefficient (Wildman–Crippen LogP) is 3.37. The number of benzene rings is 1. The zero-order valence-corrected chi connectivity index (χ0v) is 12.5. The molecule has 0 unspecified atom stereocenters. The fourth-order valence-electron chi connectivity index (χ4n) is 2.36. The van der Waals surface area contributed by atoms with E-state index in [1.807, 2.05) is 0 Å². The molecule has 1 saturated heterocycles. The summed E-state index contributed by atoms with van der Waals surface area (Å²) >= 11 is 11.2. The van der Waals surface area contributed by atoms with E-state index in [0.29, 0.717) is 16.6 Å². The van der Waals surface area contributed by atoms with Crippen LogP contribution in [0.1, 0.15) is 25.3 Å². The van der Waals surface area contributed by atoms with E-state index in [1.165, 1.54) is 12.1 Å². The molecule has 2 nitrogen and oxygen atoms in total. The largest absolute Gasteiger partial charge is 0.393 e. The highest BCUT2D eigenvalue weighted by Crippen LogP contribution is 2.32. The van der Waals surface area contributed by atoms with E-state index in [1.54, 1.807) is 6.07 Å². The third-order valence-electron chi connectivity index (χ3n) is 3.96. The summed E-state index contributed by atoms with van der Waals surface area (Å²) in [6, 6.07) is 4.49. The van der Waals surface area contributed by atoms with Crippen LogP contribution in [0.15, 0.2) is 18.2 Å². The van der Waals surface area contributed by atoms with Crippen LogP contribution < -0.4 is 5.73 Å². The molecule has 2 rings (SSSR count). The molecular weight excluding hydrogens is 283 g/mol. The van der Waals surface area contributed by atoms with Gasteiger partial charge in [0, 0.05) is 17.0 Å². The summed E-state index contributed by atoms with van der Waals surface area (Å²) in [6.07, 6.45) is 1.88. The minimum Gasteiger partial charge on any atom is -0.393 e. The normalized spacial score (nSPS) is 19.3. The number of hydrogen-bond donors (Lipinski definition) is 1. The van der Waals surface area contributed by atoms with Gasteiger partial charge in [-0.2, -0.15) is 0 Å². The van der Waals surface area contributed by atoms with Crippen LogP contribution in [0.4, 0.5) is 4.39 Å². The Hall–Kier alpha value is -0.710. The van der Waals surface area contributed by atoms with Crippen molar-refractivity contribution in [3.05, 3.63) is 34.6 Å². The van der Waals surface area contributed by atoms with Gasteiger partial charge in [0.2, 0.25) is 0 Å². The lowest BCUT2D eigenvalue weighted by atomic mass is 9.80. The molecule has 5 heteroatoms. The second kappa shape index (κ2) is 5.73. The van der Waals surface area contributed by atoms with Crippen LogP contribution >= 0.6 is 23.8 Å². The molecule has 0 spiro atoms. The number of thiocarbonyl (C=S) groups is 1. The lowest BCUT2D eigenvalue weighted by Crippen LogP contribution is -2.44. The van der Waals surface area contributed by atoms with Crippen molar-refractivity contribution in [2.75, 3.05) is 13.1 Å². The number of nitrogens with two attached hydrogens (primary N) is 1. The van der Waals surface area contributed by atoms with Gasteiger partial charge < -0.3 is 5.73 Å². The van der Waals surface area contributed by atoms with Crippen LogP contribution in [0.2, 0.25) is 5.02 Å². The first-order valence-corrected chi connectivity index (χ1v) is 7.15. The summed E-state index contributed by atoms with van der Waals surface area (Å²) in [7, 11) is 0. The second-order valence-electron chi connectivity index (χ2n) is 5.44. The molecule has 1 aromatic carbocycles. The molecule has 1 aliphatic heterocycles. The molecule has 1 aliphatic rings. The first-order valence-electron chi connectivity index (χ1n) is 6.37. The Labute approximate surface area is 123 Å². The van der Waals surface area contributed by atoms with E-state index < -0.39 is 0 Å². The van der Waals surface area contributed by atoms with Gasteiger partial charge in [-0.3, -0.25) is 4.90 Å². The Balaban J connectivity index is 1.99. The maximum Gasteiger partial charge on any atom is 0.123 e. The Kier molecular flexibility index (Phi) is 4.43. The van der Waals surface area contributed by atoms with Crippen LogP contribution in [0.3, 0.4) is 0 Å². The van der Waals surface area contributed by atoms with Crippen LogP contribution in [0.5, 0.6) is 0 Å². The lowest BCUT2D eigenvalue weighted by molar-refractivity contribution is 0.158. The van der Waals surface area contributed by atoms with Gasteiger partial charge in [0.25, 0.3) is 0 Å². The number of halogens is 2. The van der Waals surface area contributed by atoms with Gasteiger partial charge in [0.05, 0.1) is 4.99 Å². The standard InChI is InChI=1S/C14H18ClFN2S/c1-14(13(17)19)4-6-18(7-5-14)9-10-8-11(16)2-3-12(10)15/h2-3,8H,4-7,9H2,1H3,(H2,17,19).